The first-order chi connectivity index (χ1) is 5.15. The second-order valence-corrected chi connectivity index (χ2v) is 2.85. The molecule has 0 aromatic rings. The Morgan fingerprint density at radius 3 is 2.64 bits per heavy atom. The van der Waals surface area contributed by atoms with Crippen molar-refractivity contribution in [3.05, 3.63) is 0 Å². The molecule has 0 saturated carbocycles. The zero-order valence-corrected chi connectivity index (χ0v) is 6.74. The lowest BCUT2D eigenvalue weighted by Gasteiger charge is -2.22. The molecule has 1 fully saturated rings. The van der Waals surface area contributed by atoms with Crippen molar-refractivity contribution in [1.29, 1.82) is 5.26 Å². The Balaban J connectivity index is 2.60. The fourth-order valence-electron chi connectivity index (χ4n) is 1.16. The van der Waals surface area contributed by atoms with Gasteiger partial charge < -0.3 is 0 Å². The van der Waals surface area contributed by atoms with E-state index in [4.69, 9.17) is 5.26 Å². The molecule has 4 nitrogen and oxygen atoms in total. The zero-order valence-electron chi connectivity index (χ0n) is 6.74. The number of nitrogens with zero attached hydrogens (tertiary/aromatic N) is 3. The van der Waals surface area contributed by atoms with E-state index in [9.17, 15) is 4.79 Å². The molecule has 1 amide bonds. The largest absolute Gasteiger partial charge is 0.275 e. The topological polar surface area (TPSA) is 47.3 Å². The van der Waals surface area contributed by atoms with E-state index < -0.39 is 0 Å². The summed E-state index contributed by atoms with van der Waals surface area (Å²) in [5, 5.41) is 11.8. The maximum Gasteiger partial charge on any atom is 0.238 e. The van der Waals surface area contributed by atoms with Crippen LogP contribution in [0.5, 0.6) is 0 Å². The average molecular weight is 153 g/mol. The highest BCUT2D eigenvalue weighted by Gasteiger charge is 2.30. The first kappa shape index (κ1) is 8.02. The fraction of sp³-hybridized carbons (Fsp3) is 0.714. The predicted octanol–water partition coefficient (Wildman–Crippen LogP) is -0.165. The van der Waals surface area contributed by atoms with Crippen molar-refractivity contribution in [2.24, 2.45) is 5.92 Å². The SMILES string of the molecule is CN(C)N1CC(C#N)CC1=O. The van der Waals surface area contributed by atoms with Crippen LogP contribution in [0.25, 0.3) is 0 Å². The third-order valence-corrected chi connectivity index (χ3v) is 1.77. The Morgan fingerprint density at radius 2 is 2.36 bits per heavy atom. The lowest BCUT2D eigenvalue weighted by Crippen LogP contribution is -2.37. The number of hydrogen-bond donors (Lipinski definition) is 0. The molecule has 0 aliphatic carbocycles. The summed E-state index contributed by atoms with van der Waals surface area (Å²) in [7, 11) is 3.61. The fourth-order valence-corrected chi connectivity index (χ4v) is 1.16. The molecule has 1 heterocycles. The number of hydrazine groups is 1. The maximum atomic E-state index is 11.1. The van der Waals surface area contributed by atoms with Gasteiger partial charge in [0.15, 0.2) is 0 Å². The van der Waals surface area contributed by atoms with Gasteiger partial charge in [0.25, 0.3) is 0 Å². The number of carbonyl (C=O) groups excluding carboxylic acids is 1. The molecule has 0 radical (unpaired) electrons. The molecule has 1 rings (SSSR count). The van der Waals surface area contributed by atoms with Crippen LogP contribution in [0.2, 0.25) is 0 Å². The summed E-state index contributed by atoms with van der Waals surface area (Å²) in [5.74, 6) is -0.0774. The molecule has 1 unspecified atom stereocenters. The van der Waals surface area contributed by atoms with Crippen LogP contribution >= 0.6 is 0 Å². The maximum absolute atomic E-state index is 11.1. The van der Waals surface area contributed by atoms with Crippen molar-refractivity contribution >= 4 is 5.91 Å². The summed E-state index contributed by atoms with van der Waals surface area (Å²) >= 11 is 0. The summed E-state index contributed by atoms with van der Waals surface area (Å²) < 4.78 is 0. The zero-order chi connectivity index (χ0) is 8.43. The van der Waals surface area contributed by atoms with Crippen LogP contribution in [-0.2, 0) is 4.79 Å². The van der Waals surface area contributed by atoms with Gasteiger partial charge in [-0.2, -0.15) is 5.26 Å². The number of rotatable bonds is 1. The van der Waals surface area contributed by atoms with Gasteiger partial charge in [-0.1, -0.05) is 0 Å². The number of hydrogen-bond acceptors (Lipinski definition) is 3. The van der Waals surface area contributed by atoms with Crippen LogP contribution in [0.4, 0.5) is 0 Å². The molecule has 0 spiro atoms. The Kier molecular flexibility index (Phi) is 2.11. The van der Waals surface area contributed by atoms with Crippen LogP contribution in [0.3, 0.4) is 0 Å². The van der Waals surface area contributed by atoms with E-state index in [0.29, 0.717) is 13.0 Å². The molecular formula is C7H11N3O. The van der Waals surface area contributed by atoms with Crippen LogP contribution < -0.4 is 0 Å². The molecule has 0 aromatic heterocycles. The third kappa shape index (κ3) is 1.49. The molecule has 1 aliphatic heterocycles. The summed E-state index contributed by atoms with van der Waals surface area (Å²) in [4.78, 5) is 11.1. The van der Waals surface area contributed by atoms with Crippen molar-refractivity contribution in [3.63, 3.8) is 0 Å². The van der Waals surface area contributed by atoms with E-state index in [0.717, 1.165) is 0 Å². The minimum absolute atomic E-state index is 0.0431. The van der Waals surface area contributed by atoms with Crippen LogP contribution in [0.1, 0.15) is 6.42 Å². The van der Waals surface area contributed by atoms with E-state index in [1.165, 1.54) is 0 Å². The van der Waals surface area contributed by atoms with Gasteiger partial charge in [0, 0.05) is 20.5 Å². The van der Waals surface area contributed by atoms with Crippen LogP contribution in [-0.4, -0.2) is 36.6 Å². The van der Waals surface area contributed by atoms with E-state index in [1.54, 1.807) is 24.1 Å². The van der Waals surface area contributed by atoms with Gasteiger partial charge in [-0.3, -0.25) is 9.80 Å². The molecule has 1 atom stereocenters. The van der Waals surface area contributed by atoms with E-state index in [-0.39, 0.29) is 11.8 Å². The van der Waals surface area contributed by atoms with Gasteiger partial charge in [0.1, 0.15) is 0 Å². The van der Waals surface area contributed by atoms with Crippen molar-refractivity contribution in [2.45, 2.75) is 6.42 Å². The minimum atomic E-state index is -0.120. The lowest BCUT2D eigenvalue weighted by atomic mass is 10.1. The second kappa shape index (κ2) is 2.89. The smallest absolute Gasteiger partial charge is 0.238 e. The van der Waals surface area contributed by atoms with E-state index in [2.05, 4.69) is 6.07 Å². The lowest BCUT2D eigenvalue weighted by molar-refractivity contribution is -0.139. The van der Waals surface area contributed by atoms with Crippen LogP contribution in [0, 0.1) is 17.2 Å². The first-order valence-electron chi connectivity index (χ1n) is 3.52. The highest BCUT2D eigenvalue weighted by atomic mass is 16.2. The minimum Gasteiger partial charge on any atom is -0.275 e. The van der Waals surface area contributed by atoms with Gasteiger partial charge in [-0.25, -0.2) is 5.01 Å². The van der Waals surface area contributed by atoms with Gasteiger partial charge in [0.2, 0.25) is 5.91 Å². The van der Waals surface area contributed by atoms with E-state index >= 15 is 0 Å². The van der Waals surface area contributed by atoms with Gasteiger partial charge in [-0.15, -0.1) is 0 Å². The quantitative estimate of drug-likeness (QED) is 0.525. The predicted molar refractivity (Wildman–Crippen MR) is 39.1 cm³/mol. The standard InChI is InChI=1S/C7H11N3O/c1-9(2)10-5-6(4-8)3-7(10)11/h6H,3,5H2,1-2H3. The summed E-state index contributed by atoms with van der Waals surface area (Å²) in [6.45, 7) is 0.544. The molecule has 0 aromatic carbocycles. The Labute approximate surface area is 66.0 Å². The van der Waals surface area contributed by atoms with Crippen LogP contribution in [0.15, 0.2) is 0 Å². The molecule has 11 heavy (non-hydrogen) atoms. The van der Waals surface area contributed by atoms with Gasteiger partial charge >= 0.3 is 0 Å². The molecule has 1 saturated heterocycles. The number of carbonyl (C=O) groups is 1. The molecular weight excluding hydrogens is 142 g/mol. The van der Waals surface area contributed by atoms with E-state index in [1.807, 2.05) is 0 Å². The summed E-state index contributed by atoms with van der Waals surface area (Å²) in [6.07, 6.45) is 0.370. The molecule has 0 N–H and O–H groups in total. The Morgan fingerprint density at radius 1 is 1.73 bits per heavy atom. The second-order valence-electron chi connectivity index (χ2n) is 2.85. The third-order valence-electron chi connectivity index (χ3n) is 1.77. The number of amides is 1. The Hall–Kier alpha value is -1.08. The molecule has 0 bridgehead atoms. The Bertz CT molecular complexity index is 206. The molecule has 1 aliphatic rings. The summed E-state index contributed by atoms with van der Waals surface area (Å²) in [5.41, 5.74) is 0. The van der Waals surface area contributed by atoms with Gasteiger partial charge in [0.05, 0.1) is 18.5 Å². The highest BCUT2D eigenvalue weighted by Crippen LogP contribution is 2.16. The van der Waals surface area contributed by atoms with Crippen molar-refractivity contribution in [2.75, 3.05) is 20.6 Å². The van der Waals surface area contributed by atoms with Crippen molar-refractivity contribution in [1.82, 2.24) is 10.0 Å². The number of nitriles is 1. The monoisotopic (exact) mass is 153 g/mol. The molecule has 60 valence electrons. The van der Waals surface area contributed by atoms with Gasteiger partial charge in [-0.05, 0) is 0 Å². The average Bonchev–Trinajstić information content (AvgIpc) is 2.30. The normalized spacial score (nSPS) is 24.4. The van der Waals surface area contributed by atoms with Crippen molar-refractivity contribution in [3.8, 4) is 6.07 Å². The summed E-state index contributed by atoms with van der Waals surface area (Å²) in [6, 6.07) is 2.09. The molecule has 4 heteroatoms. The first-order valence-corrected chi connectivity index (χ1v) is 3.52. The highest BCUT2D eigenvalue weighted by molar-refractivity contribution is 5.78. The van der Waals surface area contributed by atoms with Crippen molar-refractivity contribution < 1.29 is 4.79 Å².